The third-order valence-corrected chi connectivity index (χ3v) is 2.69. The minimum Gasteiger partial charge on any atom is -0.507 e. The van der Waals surface area contributed by atoms with Crippen molar-refractivity contribution in [1.29, 1.82) is 0 Å². The monoisotopic (exact) mass is 305 g/mol. The van der Waals surface area contributed by atoms with Gasteiger partial charge in [0.2, 0.25) is 0 Å². The number of aromatic hydroxyl groups is 1. The van der Waals surface area contributed by atoms with Crippen LogP contribution in [-0.4, -0.2) is 29.1 Å². The second-order valence-electron chi connectivity index (χ2n) is 5.95. The molecule has 1 rings (SSSR count). The van der Waals surface area contributed by atoms with Gasteiger partial charge >= 0.3 is 6.09 Å². The van der Waals surface area contributed by atoms with E-state index in [9.17, 15) is 14.7 Å². The van der Waals surface area contributed by atoms with Gasteiger partial charge in [0.05, 0.1) is 5.56 Å². The predicted octanol–water partition coefficient (Wildman–Crippen LogP) is 3.52. The average Bonchev–Trinajstić information content (AvgIpc) is 2.37. The Balaban J connectivity index is 2.45. The molecule has 0 radical (unpaired) electrons. The molecule has 0 atom stereocenters. The number of phenols is 1. The van der Waals surface area contributed by atoms with Crippen molar-refractivity contribution in [1.82, 2.24) is 5.32 Å². The largest absolute Gasteiger partial charge is 0.507 e. The number of ketones is 1. The highest BCUT2D eigenvalue weighted by molar-refractivity contribution is 5.97. The van der Waals surface area contributed by atoms with Gasteiger partial charge < -0.3 is 15.2 Å². The van der Waals surface area contributed by atoms with Gasteiger partial charge in [-0.25, -0.2) is 4.79 Å². The van der Waals surface area contributed by atoms with Crippen LogP contribution in [0.4, 0.5) is 4.79 Å². The highest BCUT2D eigenvalue weighted by Crippen LogP contribution is 2.19. The topological polar surface area (TPSA) is 75.6 Å². The SMILES string of the molecule is CC(=O)c1cc(C=CCCNC(=O)OC(C)(C)C)ccc1O. The summed E-state index contributed by atoms with van der Waals surface area (Å²) in [4.78, 5) is 22.8. The van der Waals surface area contributed by atoms with Crippen LogP contribution < -0.4 is 5.32 Å². The standard InChI is InChI=1S/C17H23NO4/c1-12(19)14-11-13(8-9-15(14)20)7-5-6-10-18-16(21)22-17(2,3)4/h5,7-9,11,20H,6,10H2,1-4H3,(H,18,21). The number of Topliss-reactive ketones (excluding diaryl/α,β-unsaturated/α-hetero) is 1. The molecule has 1 aromatic carbocycles. The summed E-state index contributed by atoms with van der Waals surface area (Å²) in [5.41, 5.74) is 0.615. The quantitative estimate of drug-likeness (QED) is 0.644. The summed E-state index contributed by atoms with van der Waals surface area (Å²) in [7, 11) is 0. The molecule has 2 N–H and O–H groups in total. The molecule has 0 saturated heterocycles. The number of hydrogen-bond donors (Lipinski definition) is 2. The zero-order chi connectivity index (χ0) is 16.8. The summed E-state index contributed by atoms with van der Waals surface area (Å²) in [5, 5.41) is 12.2. The zero-order valence-electron chi connectivity index (χ0n) is 13.5. The lowest BCUT2D eigenvalue weighted by atomic mass is 10.1. The molecule has 0 aromatic heterocycles. The van der Waals surface area contributed by atoms with E-state index >= 15 is 0 Å². The van der Waals surface area contributed by atoms with Crippen LogP contribution >= 0.6 is 0 Å². The van der Waals surface area contributed by atoms with E-state index in [4.69, 9.17) is 4.74 Å². The lowest BCUT2D eigenvalue weighted by Crippen LogP contribution is -2.32. The van der Waals surface area contributed by atoms with Gasteiger partial charge in [0.1, 0.15) is 11.4 Å². The summed E-state index contributed by atoms with van der Waals surface area (Å²) in [6.07, 6.45) is 3.91. The van der Waals surface area contributed by atoms with Crippen molar-refractivity contribution < 1.29 is 19.4 Å². The Morgan fingerprint density at radius 1 is 1.32 bits per heavy atom. The highest BCUT2D eigenvalue weighted by Gasteiger charge is 2.15. The molecule has 120 valence electrons. The maximum absolute atomic E-state index is 11.4. The molecule has 0 bridgehead atoms. The second-order valence-corrected chi connectivity index (χ2v) is 5.95. The minimum absolute atomic E-state index is 0.0174. The van der Waals surface area contributed by atoms with E-state index in [0.717, 1.165) is 5.56 Å². The first kappa shape index (κ1) is 17.8. The molecular weight excluding hydrogens is 282 g/mol. The molecule has 22 heavy (non-hydrogen) atoms. The fraction of sp³-hybridized carbons (Fsp3) is 0.412. The van der Waals surface area contributed by atoms with Crippen molar-refractivity contribution in [2.75, 3.05) is 6.54 Å². The summed E-state index contributed by atoms with van der Waals surface area (Å²) in [6, 6.07) is 4.85. The fourth-order valence-corrected chi connectivity index (χ4v) is 1.73. The molecule has 1 aromatic rings. The van der Waals surface area contributed by atoms with Crippen LogP contribution in [0.25, 0.3) is 6.08 Å². The molecule has 0 fully saturated rings. The Bertz CT molecular complexity index is 571. The normalized spacial score (nSPS) is 11.5. The van der Waals surface area contributed by atoms with Gasteiger partial charge in [-0.2, -0.15) is 0 Å². The molecule has 0 heterocycles. The van der Waals surface area contributed by atoms with Gasteiger partial charge in [0.25, 0.3) is 0 Å². The summed E-state index contributed by atoms with van der Waals surface area (Å²) >= 11 is 0. The molecule has 0 aliphatic carbocycles. The molecular formula is C17H23NO4. The lowest BCUT2D eigenvalue weighted by molar-refractivity contribution is 0.0528. The first-order chi connectivity index (χ1) is 10.2. The molecule has 0 aliphatic rings. The van der Waals surface area contributed by atoms with Crippen LogP contribution in [0.3, 0.4) is 0 Å². The molecule has 0 saturated carbocycles. The van der Waals surface area contributed by atoms with E-state index in [1.807, 2.05) is 32.9 Å². The molecule has 0 spiro atoms. The van der Waals surface area contributed by atoms with Crippen molar-refractivity contribution in [2.24, 2.45) is 0 Å². The molecule has 1 amide bonds. The Morgan fingerprint density at radius 3 is 2.59 bits per heavy atom. The molecule has 5 heteroatoms. The van der Waals surface area contributed by atoms with E-state index in [2.05, 4.69) is 5.32 Å². The number of alkyl carbamates (subject to hydrolysis) is 1. The van der Waals surface area contributed by atoms with Crippen molar-refractivity contribution in [3.63, 3.8) is 0 Å². The summed E-state index contributed by atoms with van der Waals surface area (Å²) < 4.78 is 5.12. The Hall–Kier alpha value is -2.30. The maximum atomic E-state index is 11.4. The fourth-order valence-electron chi connectivity index (χ4n) is 1.73. The van der Waals surface area contributed by atoms with Crippen LogP contribution in [-0.2, 0) is 4.74 Å². The van der Waals surface area contributed by atoms with Crippen molar-refractivity contribution >= 4 is 18.0 Å². The van der Waals surface area contributed by atoms with Crippen molar-refractivity contribution in [3.05, 3.63) is 35.4 Å². The third kappa shape index (κ3) is 6.43. The Morgan fingerprint density at radius 2 is 2.00 bits per heavy atom. The van der Waals surface area contributed by atoms with E-state index < -0.39 is 11.7 Å². The van der Waals surface area contributed by atoms with E-state index in [-0.39, 0.29) is 11.5 Å². The van der Waals surface area contributed by atoms with Crippen LogP contribution in [0.5, 0.6) is 5.75 Å². The van der Waals surface area contributed by atoms with Crippen LogP contribution in [0, 0.1) is 0 Å². The number of benzene rings is 1. The molecule has 0 aliphatic heterocycles. The Kier molecular flexibility index (Phi) is 6.16. The lowest BCUT2D eigenvalue weighted by Gasteiger charge is -2.19. The number of rotatable bonds is 5. The van der Waals surface area contributed by atoms with E-state index in [0.29, 0.717) is 18.5 Å². The summed E-state index contributed by atoms with van der Waals surface area (Å²) in [5.74, 6) is -0.199. The molecule has 5 nitrogen and oxygen atoms in total. The zero-order valence-corrected chi connectivity index (χ0v) is 13.5. The van der Waals surface area contributed by atoms with Gasteiger partial charge in [0.15, 0.2) is 5.78 Å². The minimum atomic E-state index is -0.505. The molecule has 0 unspecified atom stereocenters. The second kappa shape index (κ2) is 7.64. The van der Waals surface area contributed by atoms with Crippen molar-refractivity contribution in [2.45, 2.75) is 39.7 Å². The number of carbonyl (C=O) groups excluding carboxylic acids is 2. The smallest absolute Gasteiger partial charge is 0.407 e. The van der Waals surface area contributed by atoms with Crippen LogP contribution in [0.2, 0.25) is 0 Å². The predicted molar refractivity (Wildman–Crippen MR) is 86.0 cm³/mol. The maximum Gasteiger partial charge on any atom is 0.407 e. The highest BCUT2D eigenvalue weighted by atomic mass is 16.6. The number of hydrogen-bond acceptors (Lipinski definition) is 4. The Labute approximate surface area is 131 Å². The van der Waals surface area contributed by atoms with Crippen LogP contribution in [0.15, 0.2) is 24.3 Å². The van der Waals surface area contributed by atoms with Gasteiger partial charge in [0, 0.05) is 6.54 Å². The van der Waals surface area contributed by atoms with Crippen molar-refractivity contribution in [3.8, 4) is 5.75 Å². The van der Waals surface area contributed by atoms with E-state index in [1.54, 1.807) is 12.1 Å². The summed E-state index contributed by atoms with van der Waals surface area (Å²) in [6.45, 7) is 7.30. The third-order valence-electron chi connectivity index (χ3n) is 2.69. The van der Waals surface area contributed by atoms with Gasteiger partial charge in [-0.15, -0.1) is 0 Å². The van der Waals surface area contributed by atoms with Crippen LogP contribution in [0.1, 0.15) is 50.0 Å². The number of ether oxygens (including phenoxy) is 1. The number of nitrogens with one attached hydrogen (secondary N) is 1. The van der Waals surface area contributed by atoms with Gasteiger partial charge in [-0.05, 0) is 51.8 Å². The first-order valence-corrected chi connectivity index (χ1v) is 7.16. The van der Waals surface area contributed by atoms with E-state index in [1.165, 1.54) is 13.0 Å². The number of amides is 1. The van der Waals surface area contributed by atoms with Gasteiger partial charge in [-0.1, -0.05) is 18.2 Å². The number of carbonyl (C=O) groups is 2. The first-order valence-electron chi connectivity index (χ1n) is 7.16. The number of phenolic OH excluding ortho intramolecular Hbond substituents is 1. The average molecular weight is 305 g/mol. The van der Waals surface area contributed by atoms with Gasteiger partial charge in [-0.3, -0.25) is 4.79 Å².